The Hall–Kier alpha value is 0.0869. The van der Waals surface area contributed by atoms with E-state index in [1.54, 1.807) is 0 Å². The first-order valence-corrected chi connectivity index (χ1v) is 12.2. The van der Waals surface area contributed by atoms with Crippen LogP contribution >= 0.6 is 0 Å². The molecule has 0 aliphatic heterocycles. The maximum absolute atomic E-state index is 10.3. The molecule has 20 heavy (non-hydrogen) atoms. The van der Waals surface area contributed by atoms with Crippen LogP contribution in [0.25, 0.3) is 0 Å². The fraction of sp³-hybridized carbons (Fsp3) is 1.00. The molecule has 0 aromatic carbocycles. The van der Waals surface area contributed by atoms with Gasteiger partial charge in [0.1, 0.15) is 0 Å². The maximum atomic E-state index is 10.3. The number of unbranched alkanes of at least 4 members (excludes halogenated alkanes) is 5. The van der Waals surface area contributed by atoms with E-state index in [1.165, 1.54) is 43.4 Å². The minimum atomic E-state index is -4.25. The highest BCUT2D eigenvalue weighted by Crippen LogP contribution is 2.27. The molecule has 0 radical (unpaired) electrons. The molecule has 0 aromatic rings. The molecular weight excluding hydrogens is 292 g/mol. The first kappa shape index (κ1) is 20.1. The first-order chi connectivity index (χ1) is 9.39. The van der Waals surface area contributed by atoms with Crippen molar-refractivity contribution in [1.29, 1.82) is 0 Å². The van der Waals surface area contributed by atoms with Crippen molar-refractivity contribution in [3.8, 4) is 0 Å². The van der Waals surface area contributed by atoms with E-state index < -0.39 is 18.5 Å². The lowest BCUT2D eigenvalue weighted by atomic mass is 10.1. The molecule has 0 atom stereocenters. The zero-order chi connectivity index (χ0) is 15.5. The maximum Gasteiger partial charge on any atom is 0.397 e. The van der Waals surface area contributed by atoms with Crippen LogP contribution < -0.4 is 0 Å². The van der Waals surface area contributed by atoms with Gasteiger partial charge in [0, 0.05) is 0 Å². The van der Waals surface area contributed by atoms with Crippen molar-refractivity contribution in [3.05, 3.63) is 0 Å². The Morgan fingerprint density at radius 3 is 1.75 bits per heavy atom. The molecule has 0 bridgehead atoms. The molecule has 0 amide bonds. The van der Waals surface area contributed by atoms with Crippen LogP contribution in [0.3, 0.4) is 0 Å². The van der Waals surface area contributed by atoms with Gasteiger partial charge in [-0.2, -0.15) is 8.42 Å². The minimum absolute atomic E-state index is 0.0936. The van der Waals surface area contributed by atoms with Crippen LogP contribution in [0.4, 0.5) is 0 Å². The average Bonchev–Trinajstić information content (AvgIpc) is 2.41. The van der Waals surface area contributed by atoms with Gasteiger partial charge in [-0.1, -0.05) is 77.1 Å². The van der Waals surface area contributed by atoms with Gasteiger partial charge in [0.15, 0.2) is 0 Å². The highest BCUT2D eigenvalue weighted by Gasteiger charge is 2.25. The summed E-state index contributed by atoms with van der Waals surface area (Å²) in [5.41, 5.74) is 0. The van der Waals surface area contributed by atoms with Crippen LogP contribution in [0, 0.1) is 0 Å². The summed E-state index contributed by atoms with van der Waals surface area (Å²) in [5, 5.41) is 0. The Morgan fingerprint density at radius 2 is 1.30 bits per heavy atom. The minimum Gasteiger partial charge on any atom is -0.264 e. The van der Waals surface area contributed by atoms with E-state index in [-0.39, 0.29) is 6.61 Å². The van der Waals surface area contributed by atoms with Gasteiger partial charge in [-0.05, 0) is 6.42 Å². The van der Waals surface area contributed by atoms with Gasteiger partial charge in [0.2, 0.25) is 0 Å². The van der Waals surface area contributed by atoms with Crippen molar-refractivity contribution < 1.29 is 17.2 Å². The molecular formula is C14H32O4SSi. The lowest BCUT2D eigenvalue weighted by Crippen LogP contribution is -2.30. The van der Waals surface area contributed by atoms with Crippen molar-refractivity contribution in [1.82, 2.24) is 0 Å². The molecule has 0 aromatic heterocycles. The molecule has 0 unspecified atom stereocenters. The molecule has 0 fully saturated rings. The molecule has 0 aliphatic carbocycles. The molecule has 0 rings (SSSR count). The lowest BCUT2D eigenvalue weighted by Gasteiger charge is -2.28. The smallest absolute Gasteiger partial charge is 0.264 e. The number of hydrogen-bond acceptors (Lipinski definition) is 3. The summed E-state index contributed by atoms with van der Waals surface area (Å²) >= 11 is 0. The summed E-state index contributed by atoms with van der Waals surface area (Å²) < 4.78 is 33.3. The van der Waals surface area contributed by atoms with Crippen LogP contribution in [-0.4, -0.2) is 27.7 Å². The van der Waals surface area contributed by atoms with Crippen molar-refractivity contribution in [3.63, 3.8) is 0 Å². The van der Waals surface area contributed by atoms with Crippen LogP contribution in [0.5, 0.6) is 0 Å². The van der Waals surface area contributed by atoms with Crippen LogP contribution in [0.1, 0.15) is 59.3 Å². The van der Waals surface area contributed by atoms with E-state index in [2.05, 4.69) is 25.0 Å². The molecule has 0 saturated heterocycles. The van der Waals surface area contributed by atoms with Crippen molar-refractivity contribution in [2.45, 2.75) is 83.5 Å². The Morgan fingerprint density at radius 1 is 0.850 bits per heavy atom. The standard InChI is InChI=1S/C14H32O4SSi/c1-4-20(5-2,6-3)14-12-10-8-7-9-11-13-18-19(15,16)17/h4-14H2,1-3H3,(H,15,16,17). The van der Waals surface area contributed by atoms with Gasteiger partial charge in [-0.25, -0.2) is 4.18 Å². The topological polar surface area (TPSA) is 63.6 Å². The van der Waals surface area contributed by atoms with E-state index in [9.17, 15) is 8.42 Å². The summed E-state index contributed by atoms with van der Waals surface area (Å²) in [6.45, 7) is 7.16. The molecule has 4 nitrogen and oxygen atoms in total. The third-order valence-corrected chi connectivity index (χ3v) is 11.0. The van der Waals surface area contributed by atoms with E-state index in [0.717, 1.165) is 12.8 Å². The largest absolute Gasteiger partial charge is 0.397 e. The van der Waals surface area contributed by atoms with Gasteiger partial charge < -0.3 is 0 Å². The second-order valence-corrected chi connectivity index (χ2v) is 12.4. The molecule has 6 heteroatoms. The Kier molecular flexibility index (Phi) is 10.8. The quantitative estimate of drug-likeness (QED) is 0.304. The van der Waals surface area contributed by atoms with Gasteiger partial charge >= 0.3 is 10.4 Å². The molecule has 1 N–H and O–H groups in total. The fourth-order valence-corrected chi connectivity index (χ4v) is 6.64. The van der Waals surface area contributed by atoms with E-state index in [1.807, 2.05) is 0 Å². The molecule has 0 aliphatic rings. The number of rotatable bonds is 13. The molecule has 122 valence electrons. The van der Waals surface area contributed by atoms with E-state index in [4.69, 9.17) is 4.55 Å². The third kappa shape index (κ3) is 9.91. The highest BCUT2D eigenvalue weighted by molar-refractivity contribution is 7.80. The number of hydrogen-bond donors (Lipinski definition) is 1. The summed E-state index contributed by atoms with van der Waals surface area (Å²) in [4.78, 5) is 0. The second kappa shape index (κ2) is 10.8. The van der Waals surface area contributed by atoms with Crippen LogP contribution in [0.15, 0.2) is 0 Å². The van der Waals surface area contributed by atoms with Crippen LogP contribution in [0.2, 0.25) is 24.2 Å². The summed E-state index contributed by atoms with van der Waals surface area (Å²) in [5.74, 6) is 0. The average molecular weight is 325 g/mol. The second-order valence-electron chi connectivity index (χ2n) is 5.68. The predicted molar refractivity (Wildman–Crippen MR) is 87.2 cm³/mol. The van der Waals surface area contributed by atoms with Gasteiger partial charge in [0.05, 0.1) is 14.7 Å². The van der Waals surface area contributed by atoms with Crippen molar-refractivity contribution >= 4 is 18.5 Å². The van der Waals surface area contributed by atoms with Crippen molar-refractivity contribution in [2.75, 3.05) is 6.61 Å². The lowest BCUT2D eigenvalue weighted by molar-refractivity contribution is 0.261. The molecule has 0 spiro atoms. The summed E-state index contributed by atoms with van der Waals surface area (Å²) in [6.07, 6.45) is 6.63. The Labute approximate surface area is 126 Å². The normalized spacial score (nSPS) is 12.8. The van der Waals surface area contributed by atoms with E-state index in [0.29, 0.717) is 6.42 Å². The zero-order valence-corrected chi connectivity index (χ0v) is 15.2. The zero-order valence-electron chi connectivity index (χ0n) is 13.4. The highest BCUT2D eigenvalue weighted by atomic mass is 32.3. The monoisotopic (exact) mass is 324 g/mol. The summed E-state index contributed by atoms with van der Waals surface area (Å²) in [6, 6.07) is 5.69. The molecule has 0 saturated carbocycles. The van der Waals surface area contributed by atoms with Crippen molar-refractivity contribution in [2.24, 2.45) is 0 Å². The Balaban J connectivity index is 3.49. The van der Waals surface area contributed by atoms with Crippen LogP contribution in [-0.2, 0) is 14.6 Å². The predicted octanol–water partition coefficient (Wildman–Crippen LogP) is 4.65. The summed E-state index contributed by atoms with van der Waals surface area (Å²) in [7, 11) is -5.18. The fourth-order valence-electron chi connectivity index (χ4n) is 2.75. The van der Waals surface area contributed by atoms with Gasteiger partial charge in [0.25, 0.3) is 0 Å². The van der Waals surface area contributed by atoms with Gasteiger partial charge in [-0.3, -0.25) is 4.55 Å². The Bertz CT molecular complexity index is 318. The first-order valence-electron chi connectivity index (χ1n) is 8.01. The third-order valence-electron chi connectivity index (χ3n) is 4.58. The molecule has 0 heterocycles. The van der Waals surface area contributed by atoms with E-state index >= 15 is 0 Å². The van der Waals surface area contributed by atoms with Gasteiger partial charge in [-0.15, -0.1) is 0 Å². The SMILES string of the molecule is CC[Si](CC)(CC)CCCCCCCCOS(=O)(=O)O.